The lowest BCUT2D eigenvalue weighted by Crippen LogP contribution is -2.34. The molecule has 1 aliphatic rings. The first-order valence-corrected chi connectivity index (χ1v) is 8.80. The van der Waals surface area contributed by atoms with Crippen molar-refractivity contribution >= 4 is 44.5 Å². The molecule has 6 heteroatoms. The van der Waals surface area contributed by atoms with Crippen molar-refractivity contribution in [1.29, 1.82) is 0 Å². The second-order valence-corrected chi connectivity index (χ2v) is 7.25. The highest BCUT2D eigenvalue weighted by atomic mass is 79.9. The van der Waals surface area contributed by atoms with Crippen LogP contribution in [0.4, 0.5) is 10.5 Å². The molecule has 1 aliphatic heterocycles. The number of thioether (sulfide) groups is 1. The number of hydrogen-bond donors (Lipinski definition) is 1. The molecule has 118 valence electrons. The van der Waals surface area contributed by atoms with E-state index in [1.165, 1.54) is 4.90 Å². The number of nitrogens with one attached hydrogen (secondary N) is 1. The first-order valence-electron chi connectivity index (χ1n) is 7.13. The summed E-state index contributed by atoms with van der Waals surface area (Å²) in [5, 5.41) is 2.37. The van der Waals surface area contributed by atoms with Crippen molar-refractivity contribution in [2.75, 3.05) is 5.32 Å². The summed E-state index contributed by atoms with van der Waals surface area (Å²) in [5.74, 6) is -0.203. The zero-order valence-electron chi connectivity index (χ0n) is 12.5. The second-order valence-electron chi connectivity index (χ2n) is 5.27. The molecule has 0 saturated carbocycles. The third-order valence-corrected chi connectivity index (χ3v) is 5.12. The Morgan fingerprint density at radius 3 is 2.52 bits per heavy atom. The molecule has 1 heterocycles. The normalized spacial score (nSPS) is 17.7. The predicted octanol–water partition coefficient (Wildman–Crippen LogP) is 4.39. The summed E-state index contributed by atoms with van der Waals surface area (Å²) in [6.07, 6.45) is 0. The van der Waals surface area contributed by atoms with Gasteiger partial charge in [-0.1, -0.05) is 46.3 Å². The minimum Gasteiger partial charge on any atom is -0.365 e. The average Bonchev–Trinajstić information content (AvgIpc) is 2.79. The molecule has 3 rings (SSSR count). The summed E-state index contributed by atoms with van der Waals surface area (Å²) in [5.41, 5.74) is 2.84. The molecule has 0 bridgehead atoms. The van der Waals surface area contributed by atoms with Gasteiger partial charge >= 0.3 is 0 Å². The van der Waals surface area contributed by atoms with Gasteiger partial charge in [0.25, 0.3) is 11.1 Å². The van der Waals surface area contributed by atoms with E-state index < -0.39 is 5.37 Å². The average molecular weight is 391 g/mol. The molecule has 1 N–H and O–H groups in total. The molecule has 1 saturated heterocycles. The fourth-order valence-corrected chi connectivity index (χ4v) is 3.49. The maximum atomic E-state index is 12.5. The smallest absolute Gasteiger partial charge is 0.291 e. The van der Waals surface area contributed by atoms with Gasteiger partial charge < -0.3 is 5.32 Å². The van der Waals surface area contributed by atoms with E-state index >= 15 is 0 Å². The zero-order valence-corrected chi connectivity index (χ0v) is 14.9. The van der Waals surface area contributed by atoms with Crippen molar-refractivity contribution in [3.63, 3.8) is 0 Å². The van der Waals surface area contributed by atoms with Crippen LogP contribution in [0.25, 0.3) is 0 Å². The van der Waals surface area contributed by atoms with E-state index in [0.717, 1.165) is 33.0 Å². The number of imide groups is 1. The molecule has 2 aromatic rings. The summed E-state index contributed by atoms with van der Waals surface area (Å²) in [6, 6.07) is 15.3. The number of anilines is 1. The van der Waals surface area contributed by atoms with Crippen molar-refractivity contribution in [3.8, 4) is 0 Å². The number of carbonyl (C=O) groups excluding carboxylic acids is 2. The van der Waals surface area contributed by atoms with Crippen LogP contribution in [0, 0.1) is 6.92 Å². The van der Waals surface area contributed by atoms with Crippen LogP contribution >= 0.6 is 27.7 Å². The number of carbonyl (C=O) groups is 2. The molecule has 4 nitrogen and oxygen atoms in total. The van der Waals surface area contributed by atoms with Crippen molar-refractivity contribution in [1.82, 2.24) is 4.90 Å². The number of para-hydroxylation sites is 1. The van der Waals surface area contributed by atoms with Crippen LogP contribution < -0.4 is 5.32 Å². The van der Waals surface area contributed by atoms with Gasteiger partial charge in [0.1, 0.15) is 0 Å². The van der Waals surface area contributed by atoms with Gasteiger partial charge in [-0.2, -0.15) is 0 Å². The minimum atomic E-state index is -0.570. The summed E-state index contributed by atoms with van der Waals surface area (Å²) in [4.78, 5) is 26.0. The maximum absolute atomic E-state index is 12.5. The van der Waals surface area contributed by atoms with Crippen molar-refractivity contribution < 1.29 is 9.59 Å². The Hall–Kier alpha value is -1.79. The Bertz CT molecular complexity index is 749. The van der Waals surface area contributed by atoms with Crippen LogP contribution in [0.2, 0.25) is 0 Å². The lowest BCUT2D eigenvalue weighted by atomic mass is 10.2. The molecule has 0 radical (unpaired) electrons. The highest BCUT2D eigenvalue weighted by molar-refractivity contribution is 9.10. The van der Waals surface area contributed by atoms with E-state index in [-0.39, 0.29) is 11.1 Å². The van der Waals surface area contributed by atoms with Crippen molar-refractivity contribution in [2.45, 2.75) is 18.8 Å². The Labute approximate surface area is 147 Å². The summed E-state index contributed by atoms with van der Waals surface area (Å²) in [7, 11) is 0. The fraction of sp³-hybridized carbons (Fsp3) is 0.176. The van der Waals surface area contributed by atoms with E-state index in [0.29, 0.717) is 6.54 Å². The molecule has 23 heavy (non-hydrogen) atoms. The van der Waals surface area contributed by atoms with Crippen LogP contribution in [-0.4, -0.2) is 21.4 Å². The topological polar surface area (TPSA) is 49.4 Å². The van der Waals surface area contributed by atoms with Gasteiger partial charge in [0.05, 0.1) is 6.54 Å². The molecule has 0 aliphatic carbocycles. The third kappa shape index (κ3) is 3.59. The monoisotopic (exact) mass is 390 g/mol. The van der Waals surface area contributed by atoms with Crippen LogP contribution in [-0.2, 0) is 11.3 Å². The number of hydrogen-bond acceptors (Lipinski definition) is 4. The Morgan fingerprint density at radius 2 is 1.83 bits per heavy atom. The van der Waals surface area contributed by atoms with Crippen molar-refractivity contribution in [2.24, 2.45) is 0 Å². The Kier molecular flexibility index (Phi) is 4.73. The van der Waals surface area contributed by atoms with E-state index in [9.17, 15) is 9.59 Å². The summed E-state index contributed by atoms with van der Waals surface area (Å²) < 4.78 is 0.966. The molecular weight excluding hydrogens is 376 g/mol. The Morgan fingerprint density at radius 1 is 1.13 bits per heavy atom. The molecule has 0 spiro atoms. The molecule has 0 unspecified atom stereocenters. The van der Waals surface area contributed by atoms with Gasteiger partial charge in [-0.3, -0.25) is 14.5 Å². The van der Waals surface area contributed by atoms with Gasteiger partial charge in [0.15, 0.2) is 5.37 Å². The van der Waals surface area contributed by atoms with E-state index in [4.69, 9.17) is 0 Å². The standard InChI is InChI=1S/C17H15BrN2O2S/c1-11-4-2-3-5-14(11)19-15-16(21)20(17(22)23-15)10-12-6-8-13(18)9-7-12/h2-9,15,19H,10H2,1H3/t15-/m0/s1. The van der Waals surface area contributed by atoms with Gasteiger partial charge in [-0.15, -0.1) is 0 Å². The number of aryl methyl sites for hydroxylation is 1. The first-order chi connectivity index (χ1) is 11.0. The lowest BCUT2D eigenvalue weighted by Gasteiger charge is -2.16. The maximum Gasteiger partial charge on any atom is 0.291 e. The van der Waals surface area contributed by atoms with Gasteiger partial charge in [0, 0.05) is 10.2 Å². The molecule has 0 aromatic heterocycles. The molecule has 1 fully saturated rings. The largest absolute Gasteiger partial charge is 0.365 e. The fourth-order valence-electron chi connectivity index (χ4n) is 2.33. The van der Waals surface area contributed by atoms with Crippen LogP contribution in [0.1, 0.15) is 11.1 Å². The molecule has 1 atom stereocenters. The zero-order chi connectivity index (χ0) is 16.4. The third-order valence-electron chi connectivity index (χ3n) is 3.61. The van der Waals surface area contributed by atoms with Gasteiger partial charge in [-0.05, 0) is 48.0 Å². The van der Waals surface area contributed by atoms with E-state index in [1.54, 1.807) is 0 Å². The number of halogens is 1. The van der Waals surface area contributed by atoms with Crippen molar-refractivity contribution in [3.05, 3.63) is 64.1 Å². The van der Waals surface area contributed by atoms with Crippen LogP contribution in [0.3, 0.4) is 0 Å². The number of benzene rings is 2. The van der Waals surface area contributed by atoms with Crippen LogP contribution in [0.15, 0.2) is 53.0 Å². The molecule has 2 aromatic carbocycles. The summed E-state index contributed by atoms with van der Waals surface area (Å²) >= 11 is 4.40. The van der Waals surface area contributed by atoms with Gasteiger partial charge in [0.2, 0.25) is 0 Å². The van der Waals surface area contributed by atoms with E-state index in [1.807, 2.05) is 55.5 Å². The van der Waals surface area contributed by atoms with Crippen LogP contribution in [0.5, 0.6) is 0 Å². The first kappa shape index (κ1) is 16.1. The Balaban J connectivity index is 1.72. The van der Waals surface area contributed by atoms with E-state index in [2.05, 4.69) is 21.2 Å². The minimum absolute atomic E-state index is 0.203. The lowest BCUT2D eigenvalue weighted by molar-refractivity contribution is -0.126. The molecular formula is C17H15BrN2O2S. The number of rotatable bonds is 4. The second kappa shape index (κ2) is 6.76. The molecule has 2 amide bonds. The quantitative estimate of drug-likeness (QED) is 0.840. The summed E-state index contributed by atoms with van der Waals surface area (Å²) in [6.45, 7) is 2.26. The number of amides is 2. The highest BCUT2D eigenvalue weighted by Gasteiger charge is 2.39. The predicted molar refractivity (Wildman–Crippen MR) is 96.3 cm³/mol. The SMILES string of the molecule is Cc1ccccc1N[C@H]1SC(=O)N(Cc2ccc(Br)cc2)C1=O. The number of nitrogens with zero attached hydrogens (tertiary/aromatic N) is 1. The van der Waals surface area contributed by atoms with Gasteiger partial charge in [-0.25, -0.2) is 0 Å². The highest BCUT2D eigenvalue weighted by Crippen LogP contribution is 2.30.